The average Bonchev–Trinajstić information content (AvgIpc) is 3.07. The van der Waals surface area contributed by atoms with Crippen molar-refractivity contribution in [1.29, 1.82) is 0 Å². The number of hydrogen-bond acceptors (Lipinski definition) is 5. The van der Waals surface area contributed by atoms with Crippen molar-refractivity contribution in [2.45, 2.75) is 38.5 Å². The van der Waals surface area contributed by atoms with Crippen LogP contribution in [-0.4, -0.2) is 34.4 Å². The number of nitrogens with one attached hydrogen (secondary N) is 1. The Hall–Kier alpha value is -1.60. The number of likely N-dealkylation sites (tertiary alicyclic amines) is 1. The van der Waals surface area contributed by atoms with Gasteiger partial charge < -0.3 is 0 Å². The van der Waals surface area contributed by atoms with Crippen molar-refractivity contribution in [3.8, 4) is 0 Å². The van der Waals surface area contributed by atoms with E-state index in [1.54, 1.807) is 5.48 Å². The molecule has 126 valence electrons. The molecule has 0 bridgehead atoms. The van der Waals surface area contributed by atoms with Gasteiger partial charge >= 0.3 is 0 Å². The average molecular weight is 338 g/mol. The topological polar surface area (TPSA) is 86.7 Å². The van der Waals surface area contributed by atoms with E-state index < -0.39 is 0 Å². The highest BCUT2D eigenvalue weighted by Crippen LogP contribution is 2.41. The molecule has 0 spiro atoms. The van der Waals surface area contributed by atoms with Crippen LogP contribution in [0.1, 0.15) is 38.5 Å². The first kappa shape index (κ1) is 17.7. The summed E-state index contributed by atoms with van der Waals surface area (Å²) in [4.78, 5) is 37.7. The Morgan fingerprint density at radius 2 is 2.09 bits per heavy atom. The molecule has 1 fully saturated rings. The molecule has 2 aliphatic rings. The lowest BCUT2D eigenvalue weighted by Crippen LogP contribution is -2.32. The van der Waals surface area contributed by atoms with E-state index in [1.807, 2.05) is 11.5 Å². The van der Waals surface area contributed by atoms with E-state index in [1.165, 1.54) is 16.7 Å². The molecule has 2 aliphatic heterocycles. The minimum Gasteiger partial charge on any atom is -0.289 e. The zero-order valence-corrected chi connectivity index (χ0v) is 13.8. The van der Waals surface area contributed by atoms with Crippen LogP contribution < -0.4 is 5.48 Å². The lowest BCUT2D eigenvalue weighted by atomic mass is 9.91. The van der Waals surface area contributed by atoms with Gasteiger partial charge in [-0.2, -0.15) is 0 Å². The van der Waals surface area contributed by atoms with Crippen LogP contribution in [-0.2, 0) is 14.4 Å². The second-order valence-electron chi connectivity index (χ2n) is 5.83. The van der Waals surface area contributed by atoms with Crippen molar-refractivity contribution in [1.82, 2.24) is 10.4 Å². The van der Waals surface area contributed by atoms with Gasteiger partial charge in [-0.25, -0.2) is 5.48 Å². The molecule has 0 aromatic carbocycles. The molecule has 0 aliphatic carbocycles. The van der Waals surface area contributed by atoms with E-state index in [4.69, 9.17) is 5.21 Å². The van der Waals surface area contributed by atoms with Crippen LogP contribution in [0.3, 0.4) is 0 Å². The molecule has 6 nitrogen and oxygen atoms in total. The summed E-state index contributed by atoms with van der Waals surface area (Å²) < 4.78 is 0. The molecular formula is C16H22N2O4S. The molecule has 23 heavy (non-hydrogen) atoms. The highest BCUT2D eigenvalue weighted by atomic mass is 32.2. The van der Waals surface area contributed by atoms with Gasteiger partial charge in [0.05, 0.1) is 5.92 Å². The fourth-order valence-corrected chi connectivity index (χ4v) is 3.77. The Morgan fingerprint density at radius 3 is 2.74 bits per heavy atom. The summed E-state index contributed by atoms with van der Waals surface area (Å²) in [5.74, 6) is -0.904. The van der Waals surface area contributed by atoms with Crippen LogP contribution >= 0.6 is 11.8 Å². The minimum atomic E-state index is -0.388. The molecule has 2 rings (SSSR count). The van der Waals surface area contributed by atoms with E-state index >= 15 is 0 Å². The van der Waals surface area contributed by atoms with Gasteiger partial charge in [-0.05, 0) is 23.2 Å². The van der Waals surface area contributed by atoms with Crippen molar-refractivity contribution in [2.24, 2.45) is 11.8 Å². The number of carbonyl (C=O) groups excluding carboxylic acids is 3. The number of hydroxylamine groups is 1. The summed E-state index contributed by atoms with van der Waals surface area (Å²) in [6.07, 6.45) is 5.59. The molecule has 0 aromatic heterocycles. The SMILES string of the molecule is C=C1SC=CC1C1CC(=O)N(CCCCCCC(=O)NO)C1=O. The third kappa shape index (κ3) is 4.45. The lowest BCUT2D eigenvalue weighted by molar-refractivity contribution is -0.139. The maximum Gasteiger partial charge on any atom is 0.243 e. The van der Waals surface area contributed by atoms with Crippen LogP contribution in [0.15, 0.2) is 23.0 Å². The molecule has 3 amide bonds. The van der Waals surface area contributed by atoms with Crippen molar-refractivity contribution >= 4 is 29.5 Å². The number of carbonyl (C=O) groups is 3. The Labute approximate surface area is 139 Å². The smallest absolute Gasteiger partial charge is 0.243 e. The van der Waals surface area contributed by atoms with E-state index in [2.05, 4.69) is 6.58 Å². The summed E-state index contributed by atoms with van der Waals surface area (Å²) in [6.45, 7) is 4.39. The van der Waals surface area contributed by atoms with E-state index in [0.717, 1.165) is 24.2 Å². The number of rotatable bonds is 8. The number of nitrogens with zero attached hydrogens (tertiary/aromatic N) is 1. The summed E-state index contributed by atoms with van der Waals surface area (Å²) in [5, 5.41) is 10.3. The van der Waals surface area contributed by atoms with Gasteiger partial charge in [0.1, 0.15) is 0 Å². The zero-order chi connectivity index (χ0) is 16.8. The number of allylic oxidation sites excluding steroid dienone is 2. The van der Waals surface area contributed by atoms with Gasteiger partial charge in [-0.15, -0.1) is 11.8 Å². The maximum atomic E-state index is 12.4. The first-order chi connectivity index (χ1) is 11.0. The summed E-state index contributed by atoms with van der Waals surface area (Å²) in [5.41, 5.74) is 1.60. The van der Waals surface area contributed by atoms with Gasteiger partial charge in [0.2, 0.25) is 17.7 Å². The van der Waals surface area contributed by atoms with Crippen molar-refractivity contribution in [2.75, 3.05) is 6.54 Å². The summed E-state index contributed by atoms with van der Waals surface area (Å²) >= 11 is 1.52. The van der Waals surface area contributed by atoms with Gasteiger partial charge in [-0.1, -0.05) is 25.5 Å². The van der Waals surface area contributed by atoms with E-state index in [0.29, 0.717) is 13.0 Å². The largest absolute Gasteiger partial charge is 0.289 e. The number of amides is 3. The Bertz CT molecular complexity index is 532. The Morgan fingerprint density at radius 1 is 1.35 bits per heavy atom. The Kier molecular flexibility index (Phi) is 6.41. The van der Waals surface area contributed by atoms with Gasteiger partial charge in [0.15, 0.2) is 0 Å². The molecule has 7 heteroatoms. The maximum absolute atomic E-state index is 12.4. The molecule has 2 N–H and O–H groups in total. The minimum absolute atomic E-state index is 0.0292. The second kappa shape index (κ2) is 8.31. The first-order valence-electron chi connectivity index (χ1n) is 7.84. The standard InChI is InChI=1S/C16H22N2O4S/c1-11-12(7-9-23-11)13-10-15(20)18(16(13)21)8-5-3-2-4-6-14(19)17-22/h7,9,12-13,22H,1-6,8,10H2,(H,17,19). The van der Waals surface area contributed by atoms with E-state index in [9.17, 15) is 14.4 Å². The predicted molar refractivity (Wildman–Crippen MR) is 87.2 cm³/mol. The molecule has 2 heterocycles. The van der Waals surface area contributed by atoms with Crippen LogP contribution in [0.2, 0.25) is 0 Å². The van der Waals surface area contributed by atoms with Gasteiger partial charge in [-0.3, -0.25) is 24.5 Å². The molecular weight excluding hydrogens is 316 g/mol. The van der Waals surface area contributed by atoms with Crippen LogP contribution in [0.5, 0.6) is 0 Å². The van der Waals surface area contributed by atoms with Crippen LogP contribution in [0.25, 0.3) is 0 Å². The number of thioether (sulfide) groups is 1. The van der Waals surface area contributed by atoms with Crippen molar-refractivity contribution in [3.05, 3.63) is 23.0 Å². The lowest BCUT2D eigenvalue weighted by Gasteiger charge is -2.18. The van der Waals surface area contributed by atoms with E-state index in [-0.39, 0.29) is 42.4 Å². The molecule has 0 aromatic rings. The number of hydrogen-bond donors (Lipinski definition) is 2. The summed E-state index contributed by atoms with van der Waals surface area (Å²) in [7, 11) is 0. The third-order valence-corrected chi connectivity index (χ3v) is 5.12. The normalized spacial score (nSPS) is 23.9. The first-order valence-corrected chi connectivity index (χ1v) is 8.72. The molecule has 1 saturated heterocycles. The third-order valence-electron chi connectivity index (χ3n) is 4.25. The molecule has 2 unspecified atom stereocenters. The van der Waals surface area contributed by atoms with Crippen LogP contribution in [0, 0.1) is 11.8 Å². The summed E-state index contributed by atoms with van der Waals surface area (Å²) in [6, 6.07) is 0. The van der Waals surface area contributed by atoms with Crippen LogP contribution in [0.4, 0.5) is 0 Å². The van der Waals surface area contributed by atoms with Gasteiger partial charge in [0.25, 0.3) is 0 Å². The highest BCUT2D eigenvalue weighted by molar-refractivity contribution is 8.06. The highest BCUT2D eigenvalue weighted by Gasteiger charge is 2.43. The quantitative estimate of drug-likeness (QED) is 0.307. The molecule has 0 radical (unpaired) electrons. The molecule has 0 saturated carbocycles. The monoisotopic (exact) mass is 338 g/mol. The zero-order valence-electron chi connectivity index (χ0n) is 13.0. The van der Waals surface area contributed by atoms with Gasteiger partial charge in [0, 0.05) is 25.3 Å². The number of unbranched alkanes of at least 4 members (excludes halogenated alkanes) is 3. The predicted octanol–water partition coefficient (Wildman–Crippen LogP) is 2.21. The molecule has 2 atom stereocenters. The van der Waals surface area contributed by atoms with Crippen molar-refractivity contribution in [3.63, 3.8) is 0 Å². The second-order valence-corrected chi connectivity index (χ2v) is 6.86. The van der Waals surface area contributed by atoms with Crippen molar-refractivity contribution < 1.29 is 19.6 Å². The fourth-order valence-electron chi connectivity index (χ4n) is 2.94. The fraction of sp³-hybridized carbons (Fsp3) is 0.562. The Balaban J connectivity index is 1.72. The number of imide groups is 1.